The molecule has 21 heavy (non-hydrogen) atoms. The maximum atomic E-state index is 11.8. The first kappa shape index (κ1) is 17.7. The number of imidazole rings is 1. The number of benzene rings is 1. The van der Waals surface area contributed by atoms with Gasteiger partial charge >= 0.3 is 0 Å². The summed E-state index contributed by atoms with van der Waals surface area (Å²) in [4.78, 5) is 16.0. The molecule has 0 saturated heterocycles. The summed E-state index contributed by atoms with van der Waals surface area (Å²) in [6.07, 6.45) is 3.51. The van der Waals surface area contributed by atoms with Gasteiger partial charge in [-0.3, -0.25) is 10.1 Å². The first-order valence-corrected chi connectivity index (χ1v) is 7.16. The highest BCUT2D eigenvalue weighted by Crippen LogP contribution is 2.14. The Labute approximate surface area is 138 Å². The molecule has 1 aromatic heterocycles. The van der Waals surface area contributed by atoms with E-state index < -0.39 is 0 Å². The van der Waals surface area contributed by atoms with Gasteiger partial charge in [-0.2, -0.15) is 0 Å². The molecule has 5 nitrogen and oxygen atoms in total. The van der Waals surface area contributed by atoms with Gasteiger partial charge in [-0.25, -0.2) is 4.98 Å². The molecule has 114 valence electrons. The number of carbonyl (C=O) groups excluding carboxylic acids is 1. The normalized spacial score (nSPS) is 11.6. The van der Waals surface area contributed by atoms with Gasteiger partial charge in [0.25, 0.3) is 0 Å². The Bertz CT molecular complexity index is 585. The van der Waals surface area contributed by atoms with Crippen LogP contribution in [-0.2, 0) is 11.3 Å². The predicted molar refractivity (Wildman–Crippen MR) is 89.6 cm³/mol. The summed E-state index contributed by atoms with van der Waals surface area (Å²) >= 11 is 3.41. The number of nitrogens with two attached hydrogens (primary N) is 1. The maximum Gasteiger partial charge on any atom is 0.230 e. The zero-order chi connectivity index (χ0) is 14.5. The SMILES string of the molecule is CC(CN)C(=O)Nc1nccn1Cc1ccc(Br)cc1.Cl. The molecule has 1 unspecified atom stereocenters. The van der Waals surface area contributed by atoms with E-state index in [0.717, 1.165) is 10.0 Å². The molecule has 2 rings (SSSR count). The zero-order valence-electron chi connectivity index (χ0n) is 11.6. The Hall–Kier alpha value is -1.37. The van der Waals surface area contributed by atoms with Crippen molar-refractivity contribution >= 4 is 40.2 Å². The number of hydrogen-bond donors (Lipinski definition) is 2. The van der Waals surface area contributed by atoms with Gasteiger partial charge in [0.05, 0.1) is 6.54 Å². The minimum absolute atomic E-state index is 0. The average Bonchev–Trinajstić information content (AvgIpc) is 2.87. The summed E-state index contributed by atoms with van der Waals surface area (Å²) in [6.45, 7) is 2.76. The van der Waals surface area contributed by atoms with Crippen molar-refractivity contribution in [2.24, 2.45) is 11.7 Å². The smallest absolute Gasteiger partial charge is 0.230 e. The van der Waals surface area contributed by atoms with Crippen molar-refractivity contribution in [2.75, 3.05) is 11.9 Å². The topological polar surface area (TPSA) is 72.9 Å². The van der Waals surface area contributed by atoms with Crippen LogP contribution < -0.4 is 11.1 Å². The molecule has 0 aliphatic carbocycles. The van der Waals surface area contributed by atoms with Crippen LogP contribution in [0.1, 0.15) is 12.5 Å². The lowest BCUT2D eigenvalue weighted by Crippen LogP contribution is -2.28. The molecule has 0 bridgehead atoms. The van der Waals surface area contributed by atoms with Crippen LogP contribution in [0.15, 0.2) is 41.1 Å². The van der Waals surface area contributed by atoms with Crippen LogP contribution in [0.5, 0.6) is 0 Å². The van der Waals surface area contributed by atoms with E-state index in [1.165, 1.54) is 0 Å². The molecule has 1 aromatic carbocycles. The van der Waals surface area contributed by atoms with Crippen LogP contribution in [-0.4, -0.2) is 22.0 Å². The molecule has 1 amide bonds. The van der Waals surface area contributed by atoms with Gasteiger partial charge < -0.3 is 10.3 Å². The Morgan fingerprint density at radius 1 is 1.43 bits per heavy atom. The van der Waals surface area contributed by atoms with E-state index in [1.807, 2.05) is 35.0 Å². The number of rotatable bonds is 5. The number of carbonyl (C=O) groups is 1. The van der Waals surface area contributed by atoms with E-state index in [1.54, 1.807) is 13.1 Å². The fourth-order valence-electron chi connectivity index (χ4n) is 1.69. The van der Waals surface area contributed by atoms with Crippen molar-refractivity contribution in [1.29, 1.82) is 0 Å². The third-order valence-electron chi connectivity index (χ3n) is 3.02. The molecule has 0 saturated carbocycles. The minimum Gasteiger partial charge on any atom is -0.330 e. The highest BCUT2D eigenvalue weighted by Gasteiger charge is 2.13. The largest absolute Gasteiger partial charge is 0.330 e. The Morgan fingerprint density at radius 2 is 2.10 bits per heavy atom. The summed E-state index contributed by atoms with van der Waals surface area (Å²) in [5, 5.41) is 2.80. The van der Waals surface area contributed by atoms with E-state index >= 15 is 0 Å². The number of nitrogens with zero attached hydrogens (tertiary/aromatic N) is 2. The summed E-state index contributed by atoms with van der Waals surface area (Å²) in [5.41, 5.74) is 6.62. The highest BCUT2D eigenvalue weighted by molar-refractivity contribution is 9.10. The minimum atomic E-state index is -0.229. The van der Waals surface area contributed by atoms with Gasteiger partial charge in [0.1, 0.15) is 0 Å². The van der Waals surface area contributed by atoms with E-state index in [2.05, 4.69) is 26.2 Å². The Morgan fingerprint density at radius 3 is 2.71 bits per heavy atom. The van der Waals surface area contributed by atoms with E-state index in [0.29, 0.717) is 19.0 Å². The summed E-state index contributed by atoms with van der Waals surface area (Å²) < 4.78 is 2.93. The monoisotopic (exact) mass is 372 g/mol. The third kappa shape index (κ3) is 4.84. The van der Waals surface area contributed by atoms with Crippen LogP contribution in [0, 0.1) is 5.92 Å². The van der Waals surface area contributed by atoms with Gasteiger partial charge in [0.2, 0.25) is 11.9 Å². The molecule has 1 heterocycles. The zero-order valence-corrected chi connectivity index (χ0v) is 14.0. The Balaban J connectivity index is 0.00000220. The standard InChI is InChI=1S/C14H17BrN4O.ClH/c1-10(8-16)13(20)18-14-17-6-7-19(14)9-11-2-4-12(15)5-3-11;/h2-7,10H,8-9,16H2,1H3,(H,17,18,20);1H. The summed E-state index contributed by atoms with van der Waals surface area (Å²) in [7, 11) is 0. The number of anilines is 1. The second-order valence-corrected chi connectivity index (χ2v) is 5.55. The molecule has 7 heteroatoms. The van der Waals surface area contributed by atoms with Crippen molar-refractivity contribution < 1.29 is 4.79 Å². The fraction of sp³-hybridized carbons (Fsp3) is 0.286. The van der Waals surface area contributed by atoms with Crippen LogP contribution in [0.2, 0.25) is 0 Å². The highest BCUT2D eigenvalue weighted by atomic mass is 79.9. The van der Waals surface area contributed by atoms with Crippen LogP contribution in [0.4, 0.5) is 5.95 Å². The van der Waals surface area contributed by atoms with Gasteiger partial charge in [-0.1, -0.05) is 35.0 Å². The Kier molecular flexibility index (Phi) is 6.87. The first-order chi connectivity index (χ1) is 9.60. The molecule has 1 atom stereocenters. The summed E-state index contributed by atoms with van der Waals surface area (Å²) in [5.74, 6) is 0.196. The predicted octanol–water partition coefficient (Wildman–Crippen LogP) is 2.65. The van der Waals surface area contributed by atoms with Crippen molar-refractivity contribution in [2.45, 2.75) is 13.5 Å². The maximum absolute atomic E-state index is 11.8. The fourth-order valence-corrected chi connectivity index (χ4v) is 1.95. The van der Waals surface area contributed by atoms with Crippen molar-refractivity contribution in [1.82, 2.24) is 9.55 Å². The molecular formula is C14H18BrClN4O. The second kappa shape index (κ2) is 8.17. The first-order valence-electron chi connectivity index (χ1n) is 6.36. The second-order valence-electron chi connectivity index (χ2n) is 4.63. The quantitative estimate of drug-likeness (QED) is 0.846. The van der Waals surface area contributed by atoms with Crippen molar-refractivity contribution in [3.63, 3.8) is 0 Å². The lowest BCUT2D eigenvalue weighted by atomic mass is 10.2. The van der Waals surface area contributed by atoms with E-state index in [9.17, 15) is 4.79 Å². The molecule has 2 aromatic rings. The van der Waals surface area contributed by atoms with Crippen molar-refractivity contribution in [3.05, 3.63) is 46.7 Å². The molecule has 0 radical (unpaired) electrons. The molecule has 0 aliphatic heterocycles. The lowest BCUT2D eigenvalue weighted by molar-refractivity contribution is -0.119. The van der Waals surface area contributed by atoms with Gasteiger partial charge in [0, 0.05) is 29.3 Å². The number of nitrogens with one attached hydrogen (secondary N) is 1. The molecule has 0 aliphatic rings. The third-order valence-corrected chi connectivity index (χ3v) is 3.55. The number of aromatic nitrogens is 2. The number of amides is 1. The number of hydrogen-bond acceptors (Lipinski definition) is 3. The molecule has 3 N–H and O–H groups in total. The average molecular weight is 374 g/mol. The molecule has 0 spiro atoms. The van der Waals surface area contributed by atoms with Crippen LogP contribution in [0.25, 0.3) is 0 Å². The van der Waals surface area contributed by atoms with Crippen LogP contribution >= 0.6 is 28.3 Å². The van der Waals surface area contributed by atoms with E-state index in [-0.39, 0.29) is 24.2 Å². The molecule has 0 fully saturated rings. The number of halogens is 2. The van der Waals surface area contributed by atoms with E-state index in [4.69, 9.17) is 5.73 Å². The lowest BCUT2D eigenvalue weighted by Gasteiger charge is -2.12. The van der Waals surface area contributed by atoms with Gasteiger partial charge in [0.15, 0.2) is 0 Å². The van der Waals surface area contributed by atoms with Crippen LogP contribution in [0.3, 0.4) is 0 Å². The summed E-state index contributed by atoms with van der Waals surface area (Å²) in [6, 6.07) is 8.03. The van der Waals surface area contributed by atoms with Gasteiger partial charge in [-0.15, -0.1) is 12.4 Å². The molecular weight excluding hydrogens is 356 g/mol. The van der Waals surface area contributed by atoms with Crippen molar-refractivity contribution in [3.8, 4) is 0 Å². The van der Waals surface area contributed by atoms with Gasteiger partial charge in [-0.05, 0) is 17.7 Å².